The van der Waals surface area contributed by atoms with Gasteiger partial charge in [-0.1, -0.05) is 6.92 Å². The van der Waals surface area contributed by atoms with E-state index in [0.717, 1.165) is 25.9 Å². The van der Waals surface area contributed by atoms with Crippen LogP contribution < -0.4 is 0 Å². The van der Waals surface area contributed by atoms with Crippen LogP contribution in [-0.4, -0.2) is 24.8 Å². The lowest BCUT2D eigenvalue weighted by atomic mass is 9.81. The molecule has 0 bridgehead atoms. The summed E-state index contributed by atoms with van der Waals surface area (Å²) in [6, 6.07) is 0. The van der Waals surface area contributed by atoms with Gasteiger partial charge in [-0.05, 0) is 58.3 Å². The quantitative estimate of drug-likeness (QED) is 0.682. The zero-order valence-corrected chi connectivity index (χ0v) is 12.5. The average molecular weight is 256 g/mol. The van der Waals surface area contributed by atoms with Crippen molar-refractivity contribution in [2.75, 3.05) is 13.2 Å². The number of carbonyl (C=O) groups excluding carboxylic acids is 1. The first-order chi connectivity index (χ1) is 8.33. The fraction of sp³-hybridized carbons (Fsp3) is 0.933. The molecule has 0 N–H and O–H groups in total. The van der Waals surface area contributed by atoms with Gasteiger partial charge >= 0.3 is 5.97 Å². The molecule has 1 aliphatic carbocycles. The van der Waals surface area contributed by atoms with E-state index >= 15 is 0 Å². The Hall–Kier alpha value is -0.570. The molecule has 0 aromatic carbocycles. The Kier molecular flexibility index (Phi) is 5.20. The van der Waals surface area contributed by atoms with E-state index in [0.29, 0.717) is 18.9 Å². The van der Waals surface area contributed by atoms with Crippen molar-refractivity contribution in [3.05, 3.63) is 0 Å². The Bertz CT molecular complexity index is 285. The normalized spacial score (nSPS) is 28.4. The van der Waals surface area contributed by atoms with Crippen molar-refractivity contribution in [1.82, 2.24) is 0 Å². The van der Waals surface area contributed by atoms with Gasteiger partial charge in [0.1, 0.15) is 0 Å². The second-order valence-corrected chi connectivity index (χ2v) is 6.27. The molecule has 0 saturated heterocycles. The van der Waals surface area contributed by atoms with Crippen LogP contribution in [0.15, 0.2) is 0 Å². The van der Waals surface area contributed by atoms with Gasteiger partial charge in [0.15, 0.2) is 0 Å². The summed E-state index contributed by atoms with van der Waals surface area (Å²) in [5, 5.41) is 0. The van der Waals surface area contributed by atoms with Gasteiger partial charge in [-0.2, -0.15) is 0 Å². The van der Waals surface area contributed by atoms with Gasteiger partial charge in [-0.3, -0.25) is 4.79 Å². The smallest absolute Gasteiger partial charge is 0.306 e. The summed E-state index contributed by atoms with van der Waals surface area (Å²) in [5.41, 5.74) is 0.00641. The van der Waals surface area contributed by atoms with Crippen LogP contribution in [0.5, 0.6) is 0 Å². The lowest BCUT2D eigenvalue weighted by molar-refractivity contribution is -0.145. The molecule has 1 fully saturated rings. The van der Waals surface area contributed by atoms with Crippen LogP contribution in [0.2, 0.25) is 0 Å². The number of rotatable bonds is 6. The van der Waals surface area contributed by atoms with Gasteiger partial charge in [-0.15, -0.1) is 0 Å². The summed E-state index contributed by atoms with van der Waals surface area (Å²) in [6.07, 6.45) is 3.83. The molecule has 18 heavy (non-hydrogen) atoms. The Morgan fingerprint density at radius 2 is 2.00 bits per heavy atom. The number of ether oxygens (including phenoxy) is 2. The van der Waals surface area contributed by atoms with E-state index in [4.69, 9.17) is 9.47 Å². The molecule has 0 spiro atoms. The molecule has 0 aliphatic heterocycles. The van der Waals surface area contributed by atoms with E-state index in [1.54, 1.807) is 0 Å². The van der Waals surface area contributed by atoms with Crippen LogP contribution in [0.3, 0.4) is 0 Å². The topological polar surface area (TPSA) is 35.5 Å². The highest BCUT2D eigenvalue weighted by Crippen LogP contribution is 2.48. The molecule has 1 saturated carbocycles. The Morgan fingerprint density at radius 1 is 1.33 bits per heavy atom. The molecular formula is C15H28O3. The molecule has 0 aromatic heterocycles. The average Bonchev–Trinajstić information content (AvgIpc) is 2.61. The van der Waals surface area contributed by atoms with Crippen molar-refractivity contribution in [3.8, 4) is 0 Å². The van der Waals surface area contributed by atoms with E-state index in [2.05, 4.69) is 20.8 Å². The zero-order chi connectivity index (χ0) is 13.8. The second-order valence-electron chi connectivity index (χ2n) is 6.27. The highest BCUT2D eigenvalue weighted by atomic mass is 16.5. The molecule has 0 radical (unpaired) electrons. The zero-order valence-electron chi connectivity index (χ0n) is 12.5. The Morgan fingerprint density at radius 3 is 2.56 bits per heavy atom. The van der Waals surface area contributed by atoms with Gasteiger partial charge in [0.05, 0.1) is 18.6 Å². The minimum atomic E-state index is -0.0822. The maximum atomic E-state index is 11.6. The summed E-state index contributed by atoms with van der Waals surface area (Å²) in [7, 11) is 0. The van der Waals surface area contributed by atoms with Gasteiger partial charge in [-0.25, -0.2) is 0 Å². The third-order valence-electron chi connectivity index (χ3n) is 4.21. The van der Waals surface area contributed by atoms with Gasteiger partial charge < -0.3 is 9.47 Å². The van der Waals surface area contributed by atoms with E-state index in [-0.39, 0.29) is 17.0 Å². The number of esters is 1. The van der Waals surface area contributed by atoms with Crippen LogP contribution in [0.1, 0.15) is 60.3 Å². The molecule has 0 amide bonds. The number of carbonyl (C=O) groups is 1. The molecular weight excluding hydrogens is 228 g/mol. The number of hydrogen-bond donors (Lipinski definition) is 0. The monoisotopic (exact) mass is 256 g/mol. The summed E-state index contributed by atoms with van der Waals surface area (Å²) < 4.78 is 10.9. The summed E-state index contributed by atoms with van der Waals surface area (Å²) >= 11 is 0. The third kappa shape index (κ3) is 3.98. The Balaban J connectivity index is 2.56. The first-order valence-corrected chi connectivity index (χ1v) is 7.12. The van der Waals surface area contributed by atoms with E-state index in [1.165, 1.54) is 0 Å². The molecule has 2 unspecified atom stereocenters. The maximum Gasteiger partial charge on any atom is 0.306 e. The molecule has 0 aromatic rings. The summed E-state index contributed by atoms with van der Waals surface area (Å²) in [5.74, 6) is 0.478. The lowest BCUT2D eigenvalue weighted by Crippen LogP contribution is -2.34. The van der Waals surface area contributed by atoms with Gasteiger partial charge in [0.2, 0.25) is 0 Å². The van der Waals surface area contributed by atoms with Crippen LogP contribution in [-0.2, 0) is 14.3 Å². The minimum Gasteiger partial charge on any atom is -0.466 e. The summed E-state index contributed by atoms with van der Waals surface area (Å²) in [6.45, 7) is 11.6. The second kappa shape index (κ2) is 6.05. The molecule has 1 aliphatic rings. The fourth-order valence-corrected chi connectivity index (χ4v) is 3.13. The SMILES string of the molecule is CCOC(=O)CC1(C)CCC(C(C)(C)OCC)C1. The van der Waals surface area contributed by atoms with Crippen molar-refractivity contribution in [2.45, 2.75) is 65.9 Å². The largest absolute Gasteiger partial charge is 0.466 e. The van der Waals surface area contributed by atoms with Crippen molar-refractivity contribution in [2.24, 2.45) is 11.3 Å². The maximum absolute atomic E-state index is 11.6. The van der Waals surface area contributed by atoms with Gasteiger partial charge in [0, 0.05) is 6.61 Å². The van der Waals surface area contributed by atoms with Crippen molar-refractivity contribution in [1.29, 1.82) is 0 Å². The number of hydrogen-bond acceptors (Lipinski definition) is 3. The molecule has 0 heterocycles. The molecule has 106 valence electrons. The highest BCUT2D eigenvalue weighted by molar-refractivity contribution is 5.70. The van der Waals surface area contributed by atoms with E-state index in [9.17, 15) is 4.79 Å². The molecule has 3 heteroatoms. The van der Waals surface area contributed by atoms with Crippen molar-refractivity contribution in [3.63, 3.8) is 0 Å². The highest BCUT2D eigenvalue weighted by Gasteiger charge is 2.43. The fourth-order valence-electron chi connectivity index (χ4n) is 3.13. The van der Waals surface area contributed by atoms with Crippen molar-refractivity contribution < 1.29 is 14.3 Å². The van der Waals surface area contributed by atoms with Crippen LogP contribution in [0.4, 0.5) is 0 Å². The van der Waals surface area contributed by atoms with E-state index in [1.807, 2.05) is 13.8 Å². The molecule has 3 nitrogen and oxygen atoms in total. The first-order valence-electron chi connectivity index (χ1n) is 7.12. The Labute approximate surface area is 111 Å². The first kappa shape index (κ1) is 15.5. The minimum absolute atomic E-state index is 0.0603. The van der Waals surface area contributed by atoms with Crippen LogP contribution in [0.25, 0.3) is 0 Å². The van der Waals surface area contributed by atoms with Crippen molar-refractivity contribution >= 4 is 5.97 Å². The standard InChI is InChI=1S/C15H28O3/c1-6-17-13(16)11-15(5)9-8-12(10-15)14(3,4)18-7-2/h12H,6-11H2,1-5H3. The molecule has 1 rings (SSSR count). The van der Waals surface area contributed by atoms with Gasteiger partial charge in [0.25, 0.3) is 0 Å². The predicted octanol–water partition coefficient (Wildman–Crippen LogP) is 3.56. The van der Waals surface area contributed by atoms with Crippen LogP contribution in [0, 0.1) is 11.3 Å². The van der Waals surface area contributed by atoms with Crippen LogP contribution >= 0.6 is 0 Å². The molecule has 2 atom stereocenters. The van der Waals surface area contributed by atoms with E-state index < -0.39 is 0 Å². The lowest BCUT2D eigenvalue weighted by Gasteiger charge is -2.33. The summed E-state index contributed by atoms with van der Waals surface area (Å²) in [4.78, 5) is 11.6. The third-order valence-corrected chi connectivity index (χ3v) is 4.21. The predicted molar refractivity (Wildman–Crippen MR) is 72.4 cm³/mol.